The fourth-order valence-electron chi connectivity index (χ4n) is 2.28. The maximum atomic E-state index is 5.90. The molecule has 21 heavy (non-hydrogen) atoms. The fourth-order valence-corrected chi connectivity index (χ4v) is 3.56. The van der Waals surface area contributed by atoms with E-state index in [2.05, 4.69) is 24.0 Å². The first-order valence-electron chi connectivity index (χ1n) is 6.81. The molecule has 3 nitrogen and oxygen atoms in total. The monoisotopic (exact) mass is 334 g/mol. The summed E-state index contributed by atoms with van der Waals surface area (Å²) in [6, 6.07) is 17.9. The van der Waals surface area contributed by atoms with Crippen LogP contribution in [0, 0.1) is 13.8 Å². The van der Waals surface area contributed by atoms with E-state index >= 15 is 0 Å². The molecule has 1 aromatic heterocycles. The minimum atomic E-state index is -1.30. The van der Waals surface area contributed by atoms with E-state index in [1.54, 1.807) is 0 Å². The van der Waals surface area contributed by atoms with Gasteiger partial charge in [-0.05, 0) is 0 Å². The number of aryl methyl sites for hydroxylation is 2. The van der Waals surface area contributed by atoms with Gasteiger partial charge < -0.3 is 0 Å². The molecule has 0 saturated heterocycles. The van der Waals surface area contributed by atoms with Crippen molar-refractivity contribution < 1.29 is 7.06 Å². The fraction of sp³-hybridized carbons (Fsp3) is 0.118. The van der Waals surface area contributed by atoms with Crippen molar-refractivity contribution in [3.8, 4) is 11.5 Å². The van der Waals surface area contributed by atoms with Crippen LogP contribution in [-0.4, -0.2) is 23.1 Å². The minimum absolute atomic E-state index is 0.815. The quantitative estimate of drug-likeness (QED) is 0.679. The first-order valence-corrected chi connectivity index (χ1v) is 8.79. The average molecular weight is 335 g/mol. The molecule has 3 rings (SSSR count). The number of aromatic nitrogens is 1. The zero-order chi connectivity index (χ0) is 14.7. The molecule has 103 valence electrons. The van der Waals surface area contributed by atoms with E-state index in [4.69, 9.17) is 7.06 Å². The number of rotatable bonds is 4. The van der Waals surface area contributed by atoms with Gasteiger partial charge in [0, 0.05) is 0 Å². The standard InChI is InChI=1S/C11H11NO.C6H6O.Ga/c1-7-6-8(2)12-11-9(7)4-3-5-10(11)13;7-6-4-2-1-3-5-6;/h3-6,13H,1-2H3;1-5,7H;/q;;+2/p-2. The molecule has 1 radical (unpaired) electrons. The number of hydrogen-bond acceptors (Lipinski definition) is 3. The second-order valence-electron chi connectivity index (χ2n) is 4.88. The van der Waals surface area contributed by atoms with Crippen molar-refractivity contribution in [3.63, 3.8) is 0 Å². The van der Waals surface area contributed by atoms with Crippen LogP contribution in [0.15, 0.2) is 54.6 Å². The van der Waals surface area contributed by atoms with Gasteiger partial charge in [0.1, 0.15) is 0 Å². The first kappa shape index (κ1) is 14.0. The van der Waals surface area contributed by atoms with E-state index in [0.717, 1.165) is 28.1 Å². The Kier molecular flexibility index (Phi) is 4.17. The Bertz CT molecular complexity index is 759. The molecule has 0 N–H and O–H groups in total. The van der Waals surface area contributed by atoms with Crippen LogP contribution in [0.1, 0.15) is 11.3 Å². The molecule has 0 amide bonds. The van der Waals surface area contributed by atoms with Gasteiger partial charge in [0.15, 0.2) is 0 Å². The van der Waals surface area contributed by atoms with Crippen molar-refractivity contribution in [1.29, 1.82) is 0 Å². The molecule has 0 bridgehead atoms. The SMILES string of the molecule is Cc1cc(C)c2cccc([O][Ga][O]c3ccccc3)c2n1. The van der Waals surface area contributed by atoms with Gasteiger partial charge >= 0.3 is 132 Å². The van der Waals surface area contributed by atoms with Crippen molar-refractivity contribution >= 4 is 29.0 Å². The molecule has 0 atom stereocenters. The van der Waals surface area contributed by atoms with Gasteiger partial charge in [-0.1, -0.05) is 0 Å². The van der Waals surface area contributed by atoms with E-state index in [1.807, 2.05) is 49.4 Å². The van der Waals surface area contributed by atoms with Gasteiger partial charge in [0.25, 0.3) is 0 Å². The van der Waals surface area contributed by atoms with Crippen LogP contribution in [0.25, 0.3) is 10.9 Å². The number of nitrogens with zero attached hydrogens (tertiary/aromatic N) is 1. The van der Waals surface area contributed by atoms with Crippen molar-refractivity contribution in [2.75, 3.05) is 0 Å². The number of pyridine rings is 1. The maximum absolute atomic E-state index is 5.90. The number of hydrogen-bond donors (Lipinski definition) is 0. The summed E-state index contributed by atoms with van der Waals surface area (Å²) in [4.78, 5) is 4.61. The summed E-state index contributed by atoms with van der Waals surface area (Å²) in [5, 5.41) is 1.13. The molecule has 3 aromatic rings. The van der Waals surface area contributed by atoms with Crippen LogP contribution in [-0.2, 0) is 0 Å². The van der Waals surface area contributed by atoms with E-state index < -0.39 is 18.1 Å². The van der Waals surface area contributed by atoms with Gasteiger partial charge in [0.2, 0.25) is 0 Å². The van der Waals surface area contributed by atoms with E-state index in [0.29, 0.717) is 0 Å². The first-order chi connectivity index (χ1) is 10.2. The van der Waals surface area contributed by atoms with E-state index in [-0.39, 0.29) is 0 Å². The Morgan fingerprint density at radius 1 is 0.905 bits per heavy atom. The van der Waals surface area contributed by atoms with Crippen LogP contribution < -0.4 is 7.06 Å². The van der Waals surface area contributed by atoms with Gasteiger partial charge in [-0.2, -0.15) is 0 Å². The summed E-state index contributed by atoms with van der Waals surface area (Å²) in [6.07, 6.45) is 0. The Morgan fingerprint density at radius 3 is 2.52 bits per heavy atom. The molecule has 0 fully saturated rings. The molecule has 2 aromatic carbocycles. The van der Waals surface area contributed by atoms with Crippen LogP contribution in [0.2, 0.25) is 0 Å². The topological polar surface area (TPSA) is 31.4 Å². The Balaban J connectivity index is 1.81. The zero-order valence-electron chi connectivity index (χ0n) is 12.0. The zero-order valence-corrected chi connectivity index (χ0v) is 14.5. The summed E-state index contributed by atoms with van der Waals surface area (Å²) in [6.45, 7) is 4.10. The van der Waals surface area contributed by atoms with Gasteiger partial charge in [-0.25, -0.2) is 0 Å². The van der Waals surface area contributed by atoms with Crippen LogP contribution in [0.4, 0.5) is 0 Å². The summed E-state index contributed by atoms with van der Waals surface area (Å²) in [5.74, 6) is 1.67. The number of benzene rings is 2. The second kappa shape index (κ2) is 6.24. The van der Waals surface area contributed by atoms with Crippen molar-refractivity contribution in [2.24, 2.45) is 0 Å². The van der Waals surface area contributed by atoms with Crippen molar-refractivity contribution in [1.82, 2.24) is 4.98 Å². The van der Waals surface area contributed by atoms with E-state index in [1.165, 1.54) is 5.56 Å². The summed E-state index contributed by atoms with van der Waals surface area (Å²) in [5.41, 5.74) is 3.14. The molecule has 0 unspecified atom stereocenters. The van der Waals surface area contributed by atoms with Gasteiger partial charge in [0.05, 0.1) is 0 Å². The van der Waals surface area contributed by atoms with Crippen molar-refractivity contribution in [3.05, 3.63) is 65.9 Å². The molecule has 0 aliphatic carbocycles. The van der Waals surface area contributed by atoms with E-state index in [9.17, 15) is 0 Å². The summed E-state index contributed by atoms with van der Waals surface area (Å²) < 4.78 is 11.6. The number of para-hydroxylation sites is 2. The normalized spacial score (nSPS) is 10.4. The van der Waals surface area contributed by atoms with Crippen LogP contribution in [0.5, 0.6) is 11.5 Å². The van der Waals surface area contributed by atoms with Crippen molar-refractivity contribution in [2.45, 2.75) is 13.8 Å². The van der Waals surface area contributed by atoms with Crippen LogP contribution >= 0.6 is 0 Å². The molecular formula is C17H15GaNO2. The molecule has 0 spiro atoms. The third kappa shape index (κ3) is 3.23. The molecule has 4 heteroatoms. The summed E-state index contributed by atoms with van der Waals surface area (Å²) in [7, 11) is 0. The third-order valence-electron chi connectivity index (χ3n) is 3.24. The molecule has 1 heterocycles. The molecule has 0 saturated carbocycles. The number of fused-ring (bicyclic) bond motifs is 1. The Morgan fingerprint density at radius 2 is 1.71 bits per heavy atom. The van der Waals surface area contributed by atoms with Crippen LogP contribution in [0.3, 0.4) is 0 Å². The predicted molar refractivity (Wildman–Crippen MR) is 84.7 cm³/mol. The average Bonchev–Trinajstić information content (AvgIpc) is 2.49. The summed E-state index contributed by atoms with van der Waals surface area (Å²) >= 11 is -1.30. The molecule has 0 aliphatic rings. The Labute approximate surface area is 132 Å². The third-order valence-corrected chi connectivity index (χ3v) is 4.75. The van der Waals surface area contributed by atoms with Gasteiger partial charge in [-0.15, -0.1) is 0 Å². The predicted octanol–water partition coefficient (Wildman–Crippen LogP) is 3.84. The molecular weight excluding hydrogens is 320 g/mol. The Hall–Kier alpha value is -1.91. The molecule has 0 aliphatic heterocycles. The van der Waals surface area contributed by atoms with Gasteiger partial charge in [-0.3, -0.25) is 0 Å². The second-order valence-corrected chi connectivity index (χ2v) is 6.27.